The molecule has 19 heavy (non-hydrogen) atoms. The van der Waals surface area contributed by atoms with Crippen LogP contribution >= 0.6 is 10.7 Å². The Morgan fingerprint density at radius 2 is 2.00 bits per heavy atom. The first kappa shape index (κ1) is 17.2. The van der Waals surface area contributed by atoms with Gasteiger partial charge in [0, 0.05) is 35.9 Å². The molecule has 0 radical (unpaired) electrons. The predicted octanol–water partition coefficient (Wildman–Crippen LogP) is 2.80. The highest BCUT2D eigenvalue weighted by Crippen LogP contribution is 2.33. The lowest BCUT2D eigenvalue weighted by molar-refractivity contribution is -0.0342. The highest BCUT2D eigenvalue weighted by atomic mass is 35.7. The summed E-state index contributed by atoms with van der Waals surface area (Å²) in [5.41, 5.74) is -0.370. The predicted molar refractivity (Wildman–Crippen MR) is 77.0 cm³/mol. The third-order valence-corrected chi connectivity index (χ3v) is 4.91. The molecule has 0 saturated carbocycles. The summed E-state index contributed by atoms with van der Waals surface area (Å²) < 4.78 is 33.8. The first-order valence-electron chi connectivity index (χ1n) is 6.95. The van der Waals surface area contributed by atoms with Crippen molar-refractivity contribution in [2.75, 3.05) is 32.2 Å². The van der Waals surface area contributed by atoms with E-state index in [0.29, 0.717) is 45.2 Å². The van der Waals surface area contributed by atoms with Gasteiger partial charge in [0.25, 0.3) is 0 Å². The third kappa shape index (κ3) is 6.93. The molecule has 0 aromatic heterocycles. The largest absolute Gasteiger partial charge is 0.381 e. The Bertz CT molecular complexity index is 350. The Balaban J connectivity index is 2.50. The van der Waals surface area contributed by atoms with Gasteiger partial charge in [-0.15, -0.1) is 0 Å². The molecule has 4 nitrogen and oxygen atoms in total. The minimum Gasteiger partial charge on any atom is -0.381 e. The minimum atomic E-state index is -3.51. The van der Waals surface area contributed by atoms with Crippen molar-refractivity contribution in [3.63, 3.8) is 0 Å². The van der Waals surface area contributed by atoms with Crippen molar-refractivity contribution in [2.45, 2.75) is 39.5 Å². The van der Waals surface area contributed by atoms with Gasteiger partial charge < -0.3 is 9.47 Å². The maximum Gasteiger partial charge on any atom is 0.233 e. The van der Waals surface area contributed by atoms with Crippen LogP contribution in [0.5, 0.6) is 0 Å². The smallest absolute Gasteiger partial charge is 0.233 e. The summed E-state index contributed by atoms with van der Waals surface area (Å²) in [6.45, 7) is 6.60. The Labute approximate surface area is 121 Å². The van der Waals surface area contributed by atoms with Gasteiger partial charge in [-0.2, -0.15) is 0 Å². The molecule has 0 aromatic rings. The van der Waals surface area contributed by atoms with Gasteiger partial charge >= 0.3 is 0 Å². The molecule has 0 aliphatic carbocycles. The maximum absolute atomic E-state index is 11.4. The van der Waals surface area contributed by atoms with Crippen molar-refractivity contribution in [1.29, 1.82) is 0 Å². The van der Waals surface area contributed by atoms with Crippen molar-refractivity contribution in [3.05, 3.63) is 0 Å². The van der Waals surface area contributed by atoms with E-state index in [1.165, 1.54) is 0 Å². The number of hydrogen-bond donors (Lipinski definition) is 0. The average molecular weight is 313 g/mol. The maximum atomic E-state index is 11.4. The number of rotatable bonds is 8. The van der Waals surface area contributed by atoms with Gasteiger partial charge in [0.2, 0.25) is 9.05 Å². The molecule has 1 fully saturated rings. The van der Waals surface area contributed by atoms with E-state index in [0.717, 1.165) is 12.8 Å². The molecular formula is C13H25ClO4S. The molecule has 0 amide bonds. The molecule has 1 aliphatic heterocycles. The van der Waals surface area contributed by atoms with Gasteiger partial charge in [-0.1, -0.05) is 20.3 Å². The lowest BCUT2D eigenvalue weighted by Crippen LogP contribution is -2.39. The van der Waals surface area contributed by atoms with Crippen molar-refractivity contribution in [2.24, 2.45) is 11.3 Å². The molecular weight excluding hydrogens is 288 g/mol. The van der Waals surface area contributed by atoms with E-state index in [9.17, 15) is 8.42 Å². The fraction of sp³-hybridized carbons (Fsp3) is 1.00. The molecule has 0 N–H and O–H groups in total. The standard InChI is InChI=1S/C13H25ClO4S/c1-3-4-12(2)9-18-10-13(11-19(14,15)16)5-7-17-8-6-13/h12H,3-11H2,1-2H3. The summed E-state index contributed by atoms with van der Waals surface area (Å²) in [7, 11) is 1.92. The van der Waals surface area contributed by atoms with E-state index < -0.39 is 9.05 Å². The molecule has 1 rings (SSSR count). The van der Waals surface area contributed by atoms with Crippen LogP contribution in [0, 0.1) is 11.3 Å². The van der Waals surface area contributed by atoms with E-state index in [1.54, 1.807) is 0 Å². The second-order valence-electron chi connectivity index (χ2n) is 5.70. The summed E-state index contributed by atoms with van der Waals surface area (Å²) >= 11 is 0. The van der Waals surface area contributed by atoms with E-state index >= 15 is 0 Å². The average Bonchev–Trinajstić information content (AvgIpc) is 2.28. The lowest BCUT2D eigenvalue weighted by atomic mass is 9.83. The topological polar surface area (TPSA) is 52.6 Å². The van der Waals surface area contributed by atoms with Crippen LogP contribution in [0.1, 0.15) is 39.5 Å². The quantitative estimate of drug-likeness (QED) is 0.647. The van der Waals surface area contributed by atoms with Gasteiger partial charge in [0.1, 0.15) is 0 Å². The van der Waals surface area contributed by atoms with Crippen LogP contribution in [0.2, 0.25) is 0 Å². The molecule has 0 bridgehead atoms. The van der Waals surface area contributed by atoms with E-state index in [2.05, 4.69) is 13.8 Å². The van der Waals surface area contributed by atoms with Crippen LogP contribution in [0.15, 0.2) is 0 Å². The number of halogens is 1. The van der Waals surface area contributed by atoms with Gasteiger partial charge in [0.05, 0.1) is 12.4 Å². The van der Waals surface area contributed by atoms with E-state index in [4.69, 9.17) is 20.2 Å². The monoisotopic (exact) mass is 312 g/mol. The van der Waals surface area contributed by atoms with Gasteiger partial charge in [0.15, 0.2) is 0 Å². The Morgan fingerprint density at radius 3 is 2.53 bits per heavy atom. The molecule has 1 aliphatic rings. The van der Waals surface area contributed by atoms with Crippen LogP contribution in [0.25, 0.3) is 0 Å². The van der Waals surface area contributed by atoms with Gasteiger partial charge in [-0.05, 0) is 25.2 Å². The Morgan fingerprint density at radius 1 is 1.37 bits per heavy atom. The zero-order valence-corrected chi connectivity index (χ0v) is 13.4. The van der Waals surface area contributed by atoms with Crippen LogP contribution < -0.4 is 0 Å². The molecule has 114 valence electrons. The van der Waals surface area contributed by atoms with E-state index in [-0.39, 0.29) is 11.2 Å². The summed E-state index contributed by atoms with van der Waals surface area (Å²) in [4.78, 5) is 0. The number of hydrogen-bond acceptors (Lipinski definition) is 4. The van der Waals surface area contributed by atoms with Crippen LogP contribution in [-0.2, 0) is 18.5 Å². The zero-order chi connectivity index (χ0) is 14.4. The minimum absolute atomic E-state index is 0.0208. The Kier molecular flexibility index (Phi) is 7.08. The molecule has 1 saturated heterocycles. The van der Waals surface area contributed by atoms with Gasteiger partial charge in [-0.25, -0.2) is 8.42 Å². The first-order valence-corrected chi connectivity index (χ1v) is 9.42. The summed E-state index contributed by atoms with van der Waals surface area (Å²) in [5.74, 6) is 0.488. The fourth-order valence-electron chi connectivity index (χ4n) is 2.55. The third-order valence-electron chi connectivity index (χ3n) is 3.62. The normalized spacial score (nSPS) is 21.2. The molecule has 6 heteroatoms. The molecule has 1 unspecified atom stereocenters. The van der Waals surface area contributed by atoms with Crippen molar-refractivity contribution >= 4 is 19.7 Å². The Hall–Kier alpha value is 0.160. The SMILES string of the molecule is CCCC(C)COCC1(CS(=O)(=O)Cl)CCOCC1. The molecule has 0 aromatic carbocycles. The fourth-order valence-corrected chi connectivity index (χ4v) is 4.35. The molecule has 1 atom stereocenters. The second-order valence-corrected chi connectivity index (χ2v) is 8.48. The summed E-state index contributed by atoms with van der Waals surface area (Å²) in [6, 6.07) is 0. The summed E-state index contributed by atoms with van der Waals surface area (Å²) in [6.07, 6.45) is 3.66. The molecule has 0 spiro atoms. The van der Waals surface area contributed by atoms with Crippen LogP contribution in [0.3, 0.4) is 0 Å². The first-order chi connectivity index (χ1) is 8.87. The zero-order valence-electron chi connectivity index (χ0n) is 11.9. The number of ether oxygens (including phenoxy) is 2. The molecule has 1 heterocycles. The van der Waals surface area contributed by atoms with Crippen LogP contribution in [0.4, 0.5) is 0 Å². The highest BCUT2D eigenvalue weighted by Gasteiger charge is 2.37. The van der Waals surface area contributed by atoms with E-state index in [1.807, 2.05) is 0 Å². The lowest BCUT2D eigenvalue weighted by Gasteiger charge is -2.36. The summed E-state index contributed by atoms with van der Waals surface area (Å²) in [5, 5.41) is 0. The van der Waals surface area contributed by atoms with Crippen molar-refractivity contribution < 1.29 is 17.9 Å². The van der Waals surface area contributed by atoms with Gasteiger partial charge in [-0.3, -0.25) is 0 Å². The van der Waals surface area contributed by atoms with Crippen molar-refractivity contribution in [3.8, 4) is 0 Å². The van der Waals surface area contributed by atoms with Crippen molar-refractivity contribution in [1.82, 2.24) is 0 Å². The van der Waals surface area contributed by atoms with Crippen LogP contribution in [-0.4, -0.2) is 40.6 Å². The second kappa shape index (κ2) is 7.81. The highest BCUT2D eigenvalue weighted by molar-refractivity contribution is 8.13.